The molecule has 0 saturated heterocycles. The fourth-order valence-corrected chi connectivity index (χ4v) is 1.56. The average molecular weight is 227 g/mol. The van der Waals surface area contributed by atoms with E-state index in [1.165, 1.54) is 4.90 Å². The number of carbonyl (C=O) groups excluding carboxylic acids is 1. The summed E-state index contributed by atoms with van der Waals surface area (Å²) in [6, 6.07) is 14.4. The maximum Gasteiger partial charge on any atom is 0.319 e. The highest BCUT2D eigenvalue weighted by atomic mass is 16.2. The molecule has 0 saturated carbocycles. The van der Waals surface area contributed by atoms with Gasteiger partial charge in [0.15, 0.2) is 0 Å². The average Bonchev–Trinajstić information content (AvgIpc) is 2.38. The Morgan fingerprint density at radius 3 is 2.41 bits per heavy atom. The molecule has 1 aromatic carbocycles. The Bertz CT molecular complexity index is 485. The van der Waals surface area contributed by atoms with Crippen LogP contribution in [0.25, 0.3) is 0 Å². The summed E-state index contributed by atoms with van der Waals surface area (Å²) < 4.78 is 0. The van der Waals surface area contributed by atoms with Crippen LogP contribution in [0.5, 0.6) is 0 Å². The van der Waals surface area contributed by atoms with Gasteiger partial charge in [0.05, 0.1) is 12.2 Å². The molecule has 2 N–H and O–H groups in total. The van der Waals surface area contributed by atoms with Crippen molar-refractivity contribution in [3.05, 3.63) is 60.4 Å². The molecule has 1 aromatic heterocycles. The van der Waals surface area contributed by atoms with E-state index in [-0.39, 0.29) is 0 Å². The normalized spacial score (nSPS) is 9.88. The van der Waals surface area contributed by atoms with E-state index < -0.39 is 6.03 Å². The first kappa shape index (κ1) is 11.1. The molecule has 0 atom stereocenters. The summed E-state index contributed by atoms with van der Waals surface area (Å²) in [5.74, 6) is 0. The molecule has 0 aliphatic heterocycles. The number of amides is 2. The summed E-state index contributed by atoms with van der Waals surface area (Å²) in [6.45, 7) is 0.375. The van der Waals surface area contributed by atoms with Crippen LogP contribution in [-0.4, -0.2) is 11.0 Å². The molecule has 0 spiro atoms. The Morgan fingerprint density at radius 1 is 1.12 bits per heavy atom. The fourth-order valence-electron chi connectivity index (χ4n) is 1.56. The Balaban J connectivity index is 2.23. The molecule has 2 rings (SSSR count). The minimum Gasteiger partial charge on any atom is -0.351 e. The van der Waals surface area contributed by atoms with E-state index in [0.29, 0.717) is 6.54 Å². The van der Waals surface area contributed by atoms with Crippen LogP contribution >= 0.6 is 0 Å². The highest BCUT2D eigenvalue weighted by molar-refractivity contribution is 5.90. The molecular weight excluding hydrogens is 214 g/mol. The van der Waals surface area contributed by atoms with Gasteiger partial charge >= 0.3 is 6.03 Å². The molecule has 0 aliphatic carbocycles. The number of nitrogens with zero attached hydrogens (tertiary/aromatic N) is 2. The lowest BCUT2D eigenvalue weighted by molar-refractivity contribution is 0.253. The Morgan fingerprint density at radius 2 is 1.82 bits per heavy atom. The van der Waals surface area contributed by atoms with Crippen molar-refractivity contribution in [2.45, 2.75) is 6.54 Å². The second-order valence-electron chi connectivity index (χ2n) is 3.58. The minimum absolute atomic E-state index is 0.375. The van der Waals surface area contributed by atoms with Gasteiger partial charge in [-0.25, -0.2) is 4.79 Å². The van der Waals surface area contributed by atoms with Gasteiger partial charge in [-0.15, -0.1) is 0 Å². The number of nitrogens with two attached hydrogens (primary N) is 1. The van der Waals surface area contributed by atoms with Crippen LogP contribution in [0.15, 0.2) is 54.7 Å². The summed E-state index contributed by atoms with van der Waals surface area (Å²) >= 11 is 0. The third-order valence-electron chi connectivity index (χ3n) is 2.38. The molecule has 0 fully saturated rings. The van der Waals surface area contributed by atoms with Crippen molar-refractivity contribution in [3.63, 3.8) is 0 Å². The summed E-state index contributed by atoms with van der Waals surface area (Å²) in [5.41, 5.74) is 6.95. The Kier molecular flexibility index (Phi) is 3.35. The molecule has 4 heteroatoms. The summed E-state index contributed by atoms with van der Waals surface area (Å²) in [7, 11) is 0. The van der Waals surface area contributed by atoms with Gasteiger partial charge in [-0.05, 0) is 24.3 Å². The lowest BCUT2D eigenvalue weighted by atomic mass is 10.2. The van der Waals surface area contributed by atoms with E-state index in [9.17, 15) is 4.79 Å². The second kappa shape index (κ2) is 5.12. The molecule has 2 amide bonds. The summed E-state index contributed by atoms with van der Waals surface area (Å²) in [6.07, 6.45) is 1.69. The highest BCUT2D eigenvalue weighted by Crippen LogP contribution is 2.15. The zero-order valence-corrected chi connectivity index (χ0v) is 9.28. The van der Waals surface area contributed by atoms with Crippen LogP contribution in [0.2, 0.25) is 0 Å². The number of primary amides is 1. The molecule has 86 valence electrons. The van der Waals surface area contributed by atoms with Gasteiger partial charge in [0, 0.05) is 11.9 Å². The van der Waals surface area contributed by atoms with Crippen LogP contribution in [0.4, 0.5) is 10.5 Å². The van der Waals surface area contributed by atoms with Crippen LogP contribution < -0.4 is 10.6 Å². The number of carbonyl (C=O) groups is 1. The van der Waals surface area contributed by atoms with Crippen molar-refractivity contribution < 1.29 is 4.79 Å². The number of benzene rings is 1. The zero-order chi connectivity index (χ0) is 12.1. The molecular formula is C13H13N3O. The number of para-hydroxylation sites is 1. The number of anilines is 1. The first-order valence-electron chi connectivity index (χ1n) is 5.29. The number of hydrogen-bond donors (Lipinski definition) is 1. The van der Waals surface area contributed by atoms with E-state index in [4.69, 9.17) is 5.73 Å². The topological polar surface area (TPSA) is 59.2 Å². The number of rotatable bonds is 3. The van der Waals surface area contributed by atoms with E-state index in [1.807, 2.05) is 48.5 Å². The van der Waals surface area contributed by atoms with E-state index in [2.05, 4.69) is 4.98 Å². The smallest absolute Gasteiger partial charge is 0.319 e. The molecule has 0 unspecified atom stereocenters. The van der Waals surface area contributed by atoms with Crippen molar-refractivity contribution in [2.24, 2.45) is 5.73 Å². The van der Waals surface area contributed by atoms with Crippen molar-refractivity contribution in [1.29, 1.82) is 0 Å². The first-order chi connectivity index (χ1) is 8.27. The molecule has 1 heterocycles. The van der Waals surface area contributed by atoms with E-state index in [0.717, 1.165) is 11.4 Å². The summed E-state index contributed by atoms with van der Waals surface area (Å²) in [4.78, 5) is 17.1. The van der Waals surface area contributed by atoms with Gasteiger partial charge < -0.3 is 5.73 Å². The van der Waals surface area contributed by atoms with Gasteiger partial charge in [0.2, 0.25) is 0 Å². The second-order valence-corrected chi connectivity index (χ2v) is 3.58. The summed E-state index contributed by atoms with van der Waals surface area (Å²) in [5, 5.41) is 0. The van der Waals surface area contributed by atoms with E-state index in [1.54, 1.807) is 6.20 Å². The maximum absolute atomic E-state index is 11.4. The lowest BCUT2D eigenvalue weighted by Gasteiger charge is -2.19. The first-order valence-corrected chi connectivity index (χ1v) is 5.29. The van der Waals surface area contributed by atoms with Crippen LogP contribution in [-0.2, 0) is 6.54 Å². The monoisotopic (exact) mass is 227 g/mol. The predicted molar refractivity (Wildman–Crippen MR) is 66.4 cm³/mol. The van der Waals surface area contributed by atoms with Gasteiger partial charge in [0.1, 0.15) is 0 Å². The number of pyridine rings is 1. The number of hydrogen-bond acceptors (Lipinski definition) is 2. The standard InChI is InChI=1S/C13H13N3O/c14-13(17)16(12-7-2-1-3-8-12)10-11-6-4-5-9-15-11/h1-9H,10H2,(H2,14,17). The van der Waals surface area contributed by atoms with Crippen molar-refractivity contribution in [2.75, 3.05) is 4.90 Å². The van der Waals surface area contributed by atoms with E-state index >= 15 is 0 Å². The zero-order valence-electron chi connectivity index (χ0n) is 9.28. The molecule has 2 aromatic rings. The Hall–Kier alpha value is -2.36. The van der Waals surface area contributed by atoms with Gasteiger partial charge in [-0.3, -0.25) is 9.88 Å². The minimum atomic E-state index is -0.484. The number of aromatic nitrogens is 1. The SMILES string of the molecule is NC(=O)N(Cc1ccccn1)c1ccccc1. The van der Waals surface area contributed by atoms with Crippen molar-refractivity contribution in [1.82, 2.24) is 4.98 Å². The van der Waals surface area contributed by atoms with Crippen LogP contribution in [0.1, 0.15) is 5.69 Å². The third kappa shape index (κ3) is 2.81. The third-order valence-corrected chi connectivity index (χ3v) is 2.38. The quantitative estimate of drug-likeness (QED) is 0.873. The lowest BCUT2D eigenvalue weighted by Crippen LogP contribution is -2.35. The highest BCUT2D eigenvalue weighted by Gasteiger charge is 2.12. The molecule has 4 nitrogen and oxygen atoms in total. The molecule has 0 bridgehead atoms. The van der Waals surface area contributed by atoms with Gasteiger partial charge in [-0.1, -0.05) is 24.3 Å². The largest absolute Gasteiger partial charge is 0.351 e. The van der Waals surface area contributed by atoms with Gasteiger partial charge in [-0.2, -0.15) is 0 Å². The Labute approximate surface area is 99.7 Å². The van der Waals surface area contributed by atoms with Crippen LogP contribution in [0, 0.1) is 0 Å². The maximum atomic E-state index is 11.4. The van der Waals surface area contributed by atoms with Gasteiger partial charge in [0.25, 0.3) is 0 Å². The molecule has 0 aliphatic rings. The van der Waals surface area contributed by atoms with Crippen molar-refractivity contribution >= 4 is 11.7 Å². The predicted octanol–water partition coefficient (Wildman–Crippen LogP) is 2.17. The molecule has 0 radical (unpaired) electrons. The fraction of sp³-hybridized carbons (Fsp3) is 0.0769. The number of urea groups is 1. The van der Waals surface area contributed by atoms with Crippen LogP contribution in [0.3, 0.4) is 0 Å². The van der Waals surface area contributed by atoms with Crippen molar-refractivity contribution in [3.8, 4) is 0 Å². The molecule has 17 heavy (non-hydrogen) atoms.